The average Bonchev–Trinajstić information content (AvgIpc) is 2.52. The number of esters is 1. The Labute approximate surface area is 137 Å². The van der Waals surface area contributed by atoms with E-state index < -0.39 is 21.9 Å². The van der Waals surface area contributed by atoms with Gasteiger partial charge < -0.3 is 9.47 Å². The number of rotatable bonds is 6. The maximum Gasteiger partial charge on any atom is 0.315 e. The molecule has 1 atom stereocenters. The molecule has 0 N–H and O–H groups in total. The molecule has 0 bridgehead atoms. The summed E-state index contributed by atoms with van der Waals surface area (Å²) in [6, 6.07) is 6.93. The zero-order valence-electron chi connectivity index (χ0n) is 13.5. The first kappa shape index (κ1) is 17.7. The zero-order chi connectivity index (χ0) is 16.9. The molecule has 2 rings (SSSR count). The fourth-order valence-electron chi connectivity index (χ4n) is 2.48. The molecule has 1 heterocycles. The van der Waals surface area contributed by atoms with Crippen molar-refractivity contribution in [3.8, 4) is 11.5 Å². The van der Waals surface area contributed by atoms with E-state index in [1.807, 2.05) is 6.92 Å². The topological polar surface area (TPSA) is 72.9 Å². The smallest absolute Gasteiger partial charge is 0.315 e. The number of hydrogen-bond donors (Lipinski definition) is 0. The Kier molecular flexibility index (Phi) is 6.01. The molecule has 0 aliphatic carbocycles. The lowest BCUT2D eigenvalue weighted by Crippen LogP contribution is -2.42. The molecule has 1 aromatic carbocycles. The Balaban J connectivity index is 1.98. The van der Waals surface area contributed by atoms with Crippen molar-refractivity contribution in [1.82, 2.24) is 4.31 Å². The van der Waals surface area contributed by atoms with Gasteiger partial charge in [0.05, 0.1) is 18.8 Å². The third kappa shape index (κ3) is 5.21. The third-order valence-corrected chi connectivity index (χ3v) is 4.95. The van der Waals surface area contributed by atoms with Gasteiger partial charge in [-0.3, -0.25) is 4.79 Å². The van der Waals surface area contributed by atoms with Crippen molar-refractivity contribution in [2.24, 2.45) is 5.92 Å². The normalized spacial score (nSPS) is 19.3. The summed E-state index contributed by atoms with van der Waals surface area (Å²) < 4.78 is 35.5. The number of benzene rings is 1. The second-order valence-corrected chi connectivity index (χ2v) is 7.69. The molecule has 0 saturated carbocycles. The highest BCUT2D eigenvalue weighted by atomic mass is 32.2. The number of carbonyl (C=O) groups excluding carboxylic acids is 1. The molecule has 1 aromatic rings. The van der Waals surface area contributed by atoms with Crippen LogP contribution in [0.5, 0.6) is 11.5 Å². The molecule has 1 aliphatic rings. The van der Waals surface area contributed by atoms with E-state index in [1.54, 1.807) is 24.3 Å². The molecule has 6 nitrogen and oxygen atoms in total. The maximum atomic E-state index is 12.3. The Morgan fingerprint density at radius 1 is 1.35 bits per heavy atom. The summed E-state index contributed by atoms with van der Waals surface area (Å²) in [6.45, 7) is 3.26. The van der Waals surface area contributed by atoms with Gasteiger partial charge in [0.1, 0.15) is 11.5 Å². The fourth-order valence-corrected chi connectivity index (χ4v) is 3.39. The van der Waals surface area contributed by atoms with Gasteiger partial charge in [-0.2, -0.15) is 0 Å². The number of carbonyl (C=O) groups is 1. The van der Waals surface area contributed by atoms with Crippen molar-refractivity contribution in [3.05, 3.63) is 24.3 Å². The summed E-state index contributed by atoms with van der Waals surface area (Å²) in [5, 5.41) is 0. The number of sulfonamides is 1. The number of hydrogen-bond acceptors (Lipinski definition) is 5. The minimum Gasteiger partial charge on any atom is -0.493 e. The van der Waals surface area contributed by atoms with Crippen molar-refractivity contribution in [2.45, 2.75) is 26.2 Å². The van der Waals surface area contributed by atoms with Crippen LogP contribution in [0.2, 0.25) is 0 Å². The standard InChI is InChI=1S/C16H23NO5S/c1-3-10-21-14-7-4-8-15(11-14)22-16(18)13-6-5-9-17(12-13)23(2,19)20/h4,7-8,11,13H,3,5-6,9-10,12H2,1-2H3/t13-/m1/s1. The van der Waals surface area contributed by atoms with Gasteiger partial charge in [0.15, 0.2) is 0 Å². The lowest BCUT2D eigenvalue weighted by molar-refractivity contribution is -0.140. The number of nitrogens with zero attached hydrogens (tertiary/aromatic N) is 1. The minimum absolute atomic E-state index is 0.184. The van der Waals surface area contributed by atoms with Crippen LogP contribution in [0.15, 0.2) is 24.3 Å². The summed E-state index contributed by atoms with van der Waals surface area (Å²) >= 11 is 0. The van der Waals surface area contributed by atoms with Gasteiger partial charge in [0, 0.05) is 19.2 Å². The van der Waals surface area contributed by atoms with Crippen LogP contribution >= 0.6 is 0 Å². The van der Waals surface area contributed by atoms with Crippen LogP contribution < -0.4 is 9.47 Å². The summed E-state index contributed by atoms with van der Waals surface area (Å²) in [5.41, 5.74) is 0. The fraction of sp³-hybridized carbons (Fsp3) is 0.562. The maximum absolute atomic E-state index is 12.3. The first-order chi connectivity index (χ1) is 10.9. The van der Waals surface area contributed by atoms with Crippen LogP contribution in [0.4, 0.5) is 0 Å². The van der Waals surface area contributed by atoms with Crippen LogP contribution in [0.25, 0.3) is 0 Å². The van der Waals surface area contributed by atoms with Crippen LogP contribution in [-0.2, 0) is 14.8 Å². The summed E-state index contributed by atoms with van der Waals surface area (Å²) in [6.07, 6.45) is 3.35. The number of ether oxygens (including phenoxy) is 2. The predicted octanol–water partition coefficient (Wildman–Crippen LogP) is 2.05. The Hall–Kier alpha value is -1.60. The molecule has 1 fully saturated rings. The molecule has 1 aliphatic heterocycles. The van der Waals surface area contributed by atoms with E-state index in [0.29, 0.717) is 37.5 Å². The van der Waals surface area contributed by atoms with E-state index in [0.717, 1.165) is 12.7 Å². The van der Waals surface area contributed by atoms with Crippen molar-refractivity contribution in [2.75, 3.05) is 26.0 Å². The van der Waals surface area contributed by atoms with Crippen LogP contribution in [-0.4, -0.2) is 44.6 Å². The van der Waals surface area contributed by atoms with Gasteiger partial charge >= 0.3 is 5.97 Å². The van der Waals surface area contributed by atoms with Gasteiger partial charge in [-0.05, 0) is 31.4 Å². The summed E-state index contributed by atoms with van der Waals surface area (Å²) in [5.74, 6) is 0.239. The molecule has 23 heavy (non-hydrogen) atoms. The van der Waals surface area contributed by atoms with E-state index in [1.165, 1.54) is 4.31 Å². The Bertz CT molecular complexity index is 644. The first-order valence-corrected chi connectivity index (χ1v) is 9.64. The van der Waals surface area contributed by atoms with Crippen molar-refractivity contribution in [3.63, 3.8) is 0 Å². The highest BCUT2D eigenvalue weighted by Crippen LogP contribution is 2.24. The highest BCUT2D eigenvalue weighted by Gasteiger charge is 2.31. The highest BCUT2D eigenvalue weighted by molar-refractivity contribution is 7.88. The molecule has 0 radical (unpaired) electrons. The SMILES string of the molecule is CCCOc1cccc(OC(=O)[C@@H]2CCCN(S(C)(=O)=O)C2)c1. The van der Waals surface area contributed by atoms with Crippen LogP contribution in [0.1, 0.15) is 26.2 Å². The van der Waals surface area contributed by atoms with E-state index in [-0.39, 0.29) is 6.54 Å². The van der Waals surface area contributed by atoms with Gasteiger partial charge in [0.2, 0.25) is 10.0 Å². The third-order valence-electron chi connectivity index (χ3n) is 3.68. The Morgan fingerprint density at radius 2 is 2.09 bits per heavy atom. The molecular weight excluding hydrogens is 318 g/mol. The van der Waals surface area contributed by atoms with E-state index in [2.05, 4.69) is 0 Å². The van der Waals surface area contributed by atoms with Gasteiger partial charge in [-0.15, -0.1) is 0 Å². The minimum atomic E-state index is -3.28. The molecule has 1 saturated heterocycles. The van der Waals surface area contributed by atoms with Crippen LogP contribution in [0, 0.1) is 5.92 Å². The first-order valence-electron chi connectivity index (χ1n) is 7.80. The van der Waals surface area contributed by atoms with Crippen molar-refractivity contribution < 1.29 is 22.7 Å². The lowest BCUT2D eigenvalue weighted by atomic mass is 10.00. The van der Waals surface area contributed by atoms with E-state index in [9.17, 15) is 13.2 Å². The van der Waals surface area contributed by atoms with Crippen molar-refractivity contribution >= 4 is 16.0 Å². The van der Waals surface area contributed by atoms with Gasteiger partial charge in [0.25, 0.3) is 0 Å². The monoisotopic (exact) mass is 341 g/mol. The molecule has 7 heteroatoms. The van der Waals surface area contributed by atoms with Gasteiger partial charge in [-0.1, -0.05) is 13.0 Å². The van der Waals surface area contributed by atoms with Crippen molar-refractivity contribution in [1.29, 1.82) is 0 Å². The average molecular weight is 341 g/mol. The van der Waals surface area contributed by atoms with Gasteiger partial charge in [-0.25, -0.2) is 12.7 Å². The number of piperidine rings is 1. The van der Waals surface area contributed by atoms with E-state index >= 15 is 0 Å². The molecule has 128 valence electrons. The zero-order valence-corrected chi connectivity index (χ0v) is 14.3. The van der Waals surface area contributed by atoms with E-state index in [4.69, 9.17) is 9.47 Å². The second-order valence-electron chi connectivity index (χ2n) is 5.70. The largest absolute Gasteiger partial charge is 0.493 e. The Morgan fingerprint density at radius 3 is 2.78 bits per heavy atom. The molecule has 0 amide bonds. The molecule has 0 spiro atoms. The second kappa shape index (κ2) is 7.79. The summed E-state index contributed by atoms with van der Waals surface area (Å²) in [4.78, 5) is 12.3. The molecule has 0 unspecified atom stereocenters. The lowest BCUT2D eigenvalue weighted by Gasteiger charge is -2.29. The molecular formula is C16H23NO5S. The van der Waals surface area contributed by atoms with Crippen LogP contribution in [0.3, 0.4) is 0 Å². The predicted molar refractivity (Wildman–Crippen MR) is 87.0 cm³/mol. The quantitative estimate of drug-likeness (QED) is 0.585. The summed E-state index contributed by atoms with van der Waals surface area (Å²) in [7, 11) is -3.28. The molecule has 0 aromatic heterocycles.